The molecule has 1 rings (SSSR count). The molecule has 1 aromatic carbocycles. The first-order valence-electron chi connectivity index (χ1n) is 6.41. The normalized spacial score (nSPS) is 10.7. The highest BCUT2D eigenvalue weighted by Gasteiger charge is 2.15. The van der Waals surface area contributed by atoms with Crippen molar-refractivity contribution in [3.05, 3.63) is 28.8 Å². The fourth-order valence-corrected chi connectivity index (χ4v) is 2.01. The quantitative estimate of drug-likeness (QED) is 0.773. The summed E-state index contributed by atoms with van der Waals surface area (Å²) >= 11 is 0. The van der Waals surface area contributed by atoms with Crippen molar-refractivity contribution < 1.29 is 19.8 Å². The molecule has 0 heterocycles. The number of rotatable bonds is 6. The van der Waals surface area contributed by atoms with Crippen molar-refractivity contribution in [3.8, 4) is 5.75 Å². The third-order valence-electron chi connectivity index (χ3n) is 3.09. The third kappa shape index (κ3) is 4.09. The van der Waals surface area contributed by atoms with Gasteiger partial charge in [-0.25, -0.2) is 0 Å². The zero-order valence-corrected chi connectivity index (χ0v) is 11.6. The van der Waals surface area contributed by atoms with Crippen LogP contribution in [0.25, 0.3) is 0 Å². The predicted octanol–water partition coefficient (Wildman–Crippen LogP) is 3.26. The monoisotopic (exact) mass is 264 g/mol. The number of carboxylic acids is 1. The molecule has 0 spiro atoms. The SMILES string of the molecule is Cc1cc(O)c(C(C)C)cc1C(=O)CCCC(=O)O. The highest BCUT2D eigenvalue weighted by Crippen LogP contribution is 2.29. The molecule has 19 heavy (non-hydrogen) atoms. The van der Waals surface area contributed by atoms with Crippen molar-refractivity contribution in [2.75, 3.05) is 0 Å². The molecule has 0 aliphatic heterocycles. The number of benzene rings is 1. The Bertz CT molecular complexity index is 489. The molecule has 1 aromatic rings. The van der Waals surface area contributed by atoms with E-state index in [1.807, 2.05) is 13.8 Å². The molecule has 2 N–H and O–H groups in total. The topological polar surface area (TPSA) is 74.6 Å². The first-order valence-corrected chi connectivity index (χ1v) is 6.41. The molecule has 104 valence electrons. The van der Waals surface area contributed by atoms with Gasteiger partial charge >= 0.3 is 5.97 Å². The van der Waals surface area contributed by atoms with Crippen LogP contribution in [0.15, 0.2) is 12.1 Å². The van der Waals surface area contributed by atoms with Gasteiger partial charge in [-0.3, -0.25) is 9.59 Å². The summed E-state index contributed by atoms with van der Waals surface area (Å²) in [6.07, 6.45) is 0.556. The molecule has 0 bridgehead atoms. The van der Waals surface area contributed by atoms with E-state index in [1.165, 1.54) is 0 Å². The van der Waals surface area contributed by atoms with E-state index in [-0.39, 0.29) is 30.3 Å². The molecule has 0 radical (unpaired) electrons. The van der Waals surface area contributed by atoms with Crippen molar-refractivity contribution in [1.29, 1.82) is 0 Å². The Kier molecular flexibility index (Phi) is 5.10. The molecule has 0 fully saturated rings. The maximum atomic E-state index is 12.1. The summed E-state index contributed by atoms with van der Waals surface area (Å²) in [5, 5.41) is 18.4. The lowest BCUT2D eigenvalue weighted by molar-refractivity contribution is -0.137. The molecule has 0 atom stereocenters. The molecule has 0 saturated carbocycles. The Morgan fingerprint density at radius 1 is 1.21 bits per heavy atom. The van der Waals surface area contributed by atoms with Gasteiger partial charge in [0.05, 0.1) is 0 Å². The zero-order chi connectivity index (χ0) is 14.6. The van der Waals surface area contributed by atoms with Crippen LogP contribution in [0.2, 0.25) is 0 Å². The highest BCUT2D eigenvalue weighted by atomic mass is 16.4. The number of carboxylic acid groups (broad SMARTS) is 1. The number of aryl methyl sites for hydroxylation is 1. The number of hydrogen-bond donors (Lipinski definition) is 2. The van der Waals surface area contributed by atoms with Crippen molar-refractivity contribution >= 4 is 11.8 Å². The second-order valence-corrected chi connectivity index (χ2v) is 5.05. The maximum Gasteiger partial charge on any atom is 0.303 e. The molecule has 4 nitrogen and oxygen atoms in total. The van der Waals surface area contributed by atoms with E-state index in [1.54, 1.807) is 19.1 Å². The lowest BCUT2D eigenvalue weighted by atomic mass is 9.93. The van der Waals surface area contributed by atoms with E-state index >= 15 is 0 Å². The van der Waals surface area contributed by atoms with Gasteiger partial charge in [0.2, 0.25) is 0 Å². The largest absolute Gasteiger partial charge is 0.508 e. The fourth-order valence-electron chi connectivity index (χ4n) is 2.01. The summed E-state index contributed by atoms with van der Waals surface area (Å²) in [6.45, 7) is 5.67. The van der Waals surface area contributed by atoms with Gasteiger partial charge in [0.15, 0.2) is 5.78 Å². The minimum atomic E-state index is -0.891. The summed E-state index contributed by atoms with van der Waals surface area (Å²) in [5.74, 6) is -0.625. The molecule has 0 amide bonds. The van der Waals surface area contributed by atoms with Gasteiger partial charge in [-0.05, 0) is 42.5 Å². The number of aromatic hydroxyl groups is 1. The molecule has 0 saturated heterocycles. The Morgan fingerprint density at radius 2 is 1.84 bits per heavy atom. The van der Waals surface area contributed by atoms with Crippen LogP contribution in [0, 0.1) is 6.92 Å². The van der Waals surface area contributed by atoms with Gasteiger partial charge in [-0.2, -0.15) is 0 Å². The summed E-state index contributed by atoms with van der Waals surface area (Å²) in [4.78, 5) is 22.5. The number of aliphatic carboxylic acids is 1. The standard InChI is InChI=1S/C15H20O4/c1-9(2)11-8-12(10(3)7-14(11)17)13(16)5-4-6-15(18)19/h7-9,17H,4-6H2,1-3H3,(H,18,19). The second kappa shape index (κ2) is 6.36. The number of ketones is 1. The van der Waals surface area contributed by atoms with Crippen LogP contribution in [-0.2, 0) is 4.79 Å². The fraction of sp³-hybridized carbons (Fsp3) is 0.467. The number of Topliss-reactive ketones (excluding diaryl/α,β-unsaturated/α-hetero) is 1. The van der Waals surface area contributed by atoms with Crippen molar-refractivity contribution in [1.82, 2.24) is 0 Å². The van der Waals surface area contributed by atoms with Gasteiger partial charge in [0.1, 0.15) is 5.75 Å². The van der Waals surface area contributed by atoms with Crippen LogP contribution in [0.5, 0.6) is 5.75 Å². The van der Waals surface area contributed by atoms with E-state index in [0.29, 0.717) is 12.0 Å². The maximum absolute atomic E-state index is 12.1. The smallest absolute Gasteiger partial charge is 0.303 e. The average molecular weight is 264 g/mol. The van der Waals surface area contributed by atoms with Crippen molar-refractivity contribution in [2.24, 2.45) is 0 Å². The summed E-state index contributed by atoms with van der Waals surface area (Å²) in [5.41, 5.74) is 2.04. The first kappa shape index (κ1) is 15.2. The summed E-state index contributed by atoms with van der Waals surface area (Å²) in [7, 11) is 0. The van der Waals surface area contributed by atoms with Gasteiger partial charge in [-0.15, -0.1) is 0 Å². The summed E-state index contributed by atoms with van der Waals surface area (Å²) < 4.78 is 0. The number of hydrogen-bond acceptors (Lipinski definition) is 3. The number of phenolic OH excluding ortho intramolecular Hbond substituents is 1. The summed E-state index contributed by atoms with van der Waals surface area (Å²) in [6, 6.07) is 3.32. The Labute approximate surface area is 113 Å². The van der Waals surface area contributed by atoms with Crippen LogP contribution in [0.1, 0.15) is 60.5 Å². The average Bonchev–Trinajstić information content (AvgIpc) is 2.27. The zero-order valence-electron chi connectivity index (χ0n) is 11.6. The van der Waals surface area contributed by atoms with E-state index in [2.05, 4.69) is 0 Å². The minimum Gasteiger partial charge on any atom is -0.508 e. The molecule has 0 aliphatic carbocycles. The van der Waals surface area contributed by atoms with Gasteiger partial charge in [0.25, 0.3) is 0 Å². The van der Waals surface area contributed by atoms with Crippen LogP contribution in [0.3, 0.4) is 0 Å². The van der Waals surface area contributed by atoms with E-state index in [9.17, 15) is 14.7 Å². The molecule has 0 aromatic heterocycles. The minimum absolute atomic E-state index is 0.0000904. The van der Waals surface area contributed by atoms with Gasteiger partial charge in [0, 0.05) is 18.4 Å². The van der Waals surface area contributed by atoms with Crippen LogP contribution < -0.4 is 0 Å². The van der Waals surface area contributed by atoms with Crippen LogP contribution >= 0.6 is 0 Å². The van der Waals surface area contributed by atoms with Gasteiger partial charge < -0.3 is 10.2 Å². The van der Waals surface area contributed by atoms with Gasteiger partial charge in [-0.1, -0.05) is 13.8 Å². The molecule has 0 unspecified atom stereocenters. The third-order valence-corrected chi connectivity index (χ3v) is 3.09. The van der Waals surface area contributed by atoms with E-state index in [4.69, 9.17) is 5.11 Å². The van der Waals surface area contributed by atoms with Crippen LogP contribution in [-0.4, -0.2) is 22.0 Å². The number of carbonyl (C=O) groups is 2. The molecule has 0 aliphatic rings. The molecule has 4 heteroatoms. The van der Waals surface area contributed by atoms with Crippen LogP contribution in [0.4, 0.5) is 0 Å². The molecular weight excluding hydrogens is 244 g/mol. The molecular formula is C15H20O4. The lowest BCUT2D eigenvalue weighted by Crippen LogP contribution is -2.05. The number of phenols is 1. The highest BCUT2D eigenvalue weighted by molar-refractivity contribution is 5.98. The van der Waals surface area contributed by atoms with E-state index < -0.39 is 5.97 Å². The second-order valence-electron chi connectivity index (χ2n) is 5.05. The Balaban J connectivity index is 2.90. The Morgan fingerprint density at radius 3 is 2.37 bits per heavy atom. The number of carbonyl (C=O) groups excluding carboxylic acids is 1. The van der Waals surface area contributed by atoms with Crippen molar-refractivity contribution in [3.63, 3.8) is 0 Å². The van der Waals surface area contributed by atoms with Crippen molar-refractivity contribution in [2.45, 2.75) is 46.0 Å². The van der Waals surface area contributed by atoms with E-state index in [0.717, 1.165) is 11.1 Å². The first-order chi connectivity index (χ1) is 8.82. The Hall–Kier alpha value is -1.84. The lowest BCUT2D eigenvalue weighted by Gasteiger charge is -2.13. The predicted molar refractivity (Wildman–Crippen MR) is 72.8 cm³/mol.